The molecule has 150 valence electrons. The van der Waals surface area contributed by atoms with E-state index in [1.165, 1.54) is 4.90 Å². The summed E-state index contributed by atoms with van der Waals surface area (Å²) in [6, 6.07) is 14.6. The molecular weight excluding hydrogens is 370 g/mol. The number of hydrogen-bond donors (Lipinski definition) is 1. The van der Waals surface area contributed by atoms with Crippen LogP contribution in [0.15, 0.2) is 52.9 Å². The normalized spacial score (nSPS) is 14.1. The Bertz CT molecular complexity index is 1050. The summed E-state index contributed by atoms with van der Waals surface area (Å²) < 4.78 is 11.0. The van der Waals surface area contributed by atoms with Gasteiger partial charge in [-0.3, -0.25) is 9.59 Å². The Morgan fingerprint density at radius 2 is 1.79 bits per heavy atom. The van der Waals surface area contributed by atoms with E-state index in [0.717, 1.165) is 24.2 Å². The monoisotopic (exact) mass is 393 g/mol. The number of anilines is 2. The van der Waals surface area contributed by atoms with Crippen molar-refractivity contribution in [1.82, 2.24) is 4.90 Å². The Balaban J connectivity index is 1.57. The lowest BCUT2D eigenvalue weighted by atomic mass is 10.1. The van der Waals surface area contributed by atoms with Gasteiger partial charge in [0.05, 0.1) is 18.8 Å². The molecule has 2 heterocycles. The fourth-order valence-electron chi connectivity index (χ4n) is 3.39. The van der Waals surface area contributed by atoms with Gasteiger partial charge >= 0.3 is 0 Å². The molecule has 29 heavy (non-hydrogen) atoms. The molecular formula is C22H23N3O4. The molecule has 1 N–H and O–H groups in total. The lowest BCUT2D eigenvalue weighted by Gasteiger charge is -2.30. The summed E-state index contributed by atoms with van der Waals surface area (Å²) in [7, 11) is 3.35. The second-order valence-corrected chi connectivity index (χ2v) is 7.13. The number of rotatable bonds is 4. The van der Waals surface area contributed by atoms with Gasteiger partial charge < -0.3 is 24.3 Å². The van der Waals surface area contributed by atoms with Crippen LogP contribution in [0.5, 0.6) is 0 Å². The highest BCUT2D eigenvalue weighted by molar-refractivity contribution is 6.09. The van der Waals surface area contributed by atoms with E-state index >= 15 is 0 Å². The van der Waals surface area contributed by atoms with E-state index in [-0.39, 0.29) is 17.6 Å². The van der Waals surface area contributed by atoms with Crippen molar-refractivity contribution in [3.63, 3.8) is 0 Å². The molecule has 0 aliphatic carbocycles. The maximum absolute atomic E-state index is 13.0. The number of amides is 2. The number of carbonyl (C=O) groups is 2. The third-order valence-corrected chi connectivity index (χ3v) is 4.89. The van der Waals surface area contributed by atoms with E-state index in [0.29, 0.717) is 30.0 Å². The van der Waals surface area contributed by atoms with Crippen molar-refractivity contribution < 1.29 is 18.7 Å². The van der Waals surface area contributed by atoms with Crippen LogP contribution in [0.3, 0.4) is 0 Å². The minimum absolute atomic E-state index is 0.181. The SMILES string of the molecule is CN(C)C(=O)c1cc2cc(NC(=O)c3ccccc3N3CCOCC3)ccc2o1. The lowest BCUT2D eigenvalue weighted by Crippen LogP contribution is -2.37. The lowest BCUT2D eigenvalue weighted by molar-refractivity contribution is 0.0799. The minimum atomic E-state index is -0.203. The number of carbonyl (C=O) groups excluding carboxylic acids is 2. The zero-order chi connectivity index (χ0) is 20.4. The number of para-hydroxylation sites is 1. The molecule has 0 spiro atoms. The van der Waals surface area contributed by atoms with Crippen LogP contribution >= 0.6 is 0 Å². The van der Waals surface area contributed by atoms with Crippen molar-refractivity contribution in [2.24, 2.45) is 0 Å². The molecule has 1 saturated heterocycles. The first-order valence-corrected chi connectivity index (χ1v) is 9.51. The number of fused-ring (bicyclic) bond motifs is 1. The van der Waals surface area contributed by atoms with Gasteiger partial charge in [0.25, 0.3) is 11.8 Å². The molecule has 3 aromatic rings. The van der Waals surface area contributed by atoms with Gasteiger partial charge in [0.15, 0.2) is 5.76 Å². The van der Waals surface area contributed by atoms with E-state index in [1.54, 1.807) is 38.4 Å². The average molecular weight is 393 g/mol. The van der Waals surface area contributed by atoms with Gasteiger partial charge in [0.1, 0.15) is 5.58 Å². The van der Waals surface area contributed by atoms with Crippen LogP contribution in [-0.4, -0.2) is 57.1 Å². The molecule has 2 amide bonds. The van der Waals surface area contributed by atoms with Gasteiger partial charge in [-0.1, -0.05) is 12.1 Å². The predicted octanol–water partition coefficient (Wildman–Crippen LogP) is 3.22. The molecule has 1 fully saturated rings. The quantitative estimate of drug-likeness (QED) is 0.737. The number of furan rings is 1. The van der Waals surface area contributed by atoms with E-state index in [4.69, 9.17) is 9.15 Å². The van der Waals surface area contributed by atoms with Crippen LogP contribution in [0.2, 0.25) is 0 Å². The predicted molar refractivity (Wildman–Crippen MR) is 112 cm³/mol. The van der Waals surface area contributed by atoms with E-state index < -0.39 is 0 Å². The molecule has 4 rings (SSSR count). The van der Waals surface area contributed by atoms with Crippen LogP contribution in [-0.2, 0) is 4.74 Å². The Morgan fingerprint density at radius 1 is 1.03 bits per heavy atom. The van der Waals surface area contributed by atoms with Crippen LogP contribution < -0.4 is 10.2 Å². The fraction of sp³-hybridized carbons (Fsp3) is 0.273. The molecule has 7 heteroatoms. The summed E-state index contributed by atoms with van der Waals surface area (Å²) in [5.41, 5.74) is 2.76. The van der Waals surface area contributed by atoms with Crippen molar-refractivity contribution in [3.8, 4) is 0 Å². The van der Waals surface area contributed by atoms with Crippen molar-refractivity contribution in [1.29, 1.82) is 0 Å². The third-order valence-electron chi connectivity index (χ3n) is 4.89. The molecule has 0 saturated carbocycles. The number of hydrogen-bond acceptors (Lipinski definition) is 5. The average Bonchev–Trinajstić information content (AvgIpc) is 3.17. The van der Waals surface area contributed by atoms with E-state index in [9.17, 15) is 9.59 Å². The van der Waals surface area contributed by atoms with Crippen molar-refractivity contribution >= 4 is 34.2 Å². The minimum Gasteiger partial charge on any atom is -0.451 e. The van der Waals surface area contributed by atoms with E-state index in [2.05, 4.69) is 10.2 Å². The molecule has 0 bridgehead atoms. The summed E-state index contributed by atoms with van der Waals surface area (Å²) in [6.07, 6.45) is 0. The number of nitrogens with one attached hydrogen (secondary N) is 1. The van der Waals surface area contributed by atoms with Crippen LogP contribution in [0.25, 0.3) is 11.0 Å². The summed E-state index contributed by atoms with van der Waals surface area (Å²) in [6.45, 7) is 2.82. The Kier molecular flexibility index (Phi) is 5.22. The standard InChI is InChI=1S/C22H23N3O4/c1-24(2)22(27)20-14-15-13-16(7-8-19(15)29-20)23-21(26)17-5-3-4-6-18(17)25-9-11-28-12-10-25/h3-8,13-14H,9-12H2,1-2H3,(H,23,26). The van der Waals surface area contributed by atoms with Gasteiger partial charge in [-0.15, -0.1) is 0 Å². The van der Waals surface area contributed by atoms with Crippen LogP contribution in [0.1, 0.15) is 20.9 Å². The summed E-state index contributed by atoms with van der Waals surface area (Å²) >= 11 is 0. The second kappa shape index (κ2) is 7.97. The number of nitrogens with zero attached hydrogens (tertiary/aromatic N) is 2. The second-order valence-electron chi connectivity index (χ2n) is 7.13. The summed E-state index contributed by atoms with van der Waals surface area (Å²) in [4.78, 5) is 28.7. The number of morpholine rings is 1. The molecule has 1 aliphatic rings. The van der Waals surface area contributed by atoms with Crippen molar-refractivity contribution in [2.45, 2.75) is 0 Å². The van der Waals surface area contributed by atoms with Crippen molar-refractivity contribution in [3.05, 3.63) is 59.9 Å². The van der Waals surface area contributed by atoms with Crippen LogP contribution in [0.4, 0.5) is 11.4 Å². The highest BCUT2D eigenvalue weighted by Crippen LogP contribution is 2.26. The molecule has 0 radical (unpaired) electrons. The fourth-order valence-corrected chi connectivity index (χ4v) is 3.39. The molecule has 0 atom stereocenters. The zero-order valence-electron chi connectivity index (χ0n) is 16.5. The van der Waals surface area contributed by atoms with E-state index in [1.807, 2.05) is 24.3 Å². The maximum Gasteiger partial charge on any atom is 0.289 e. The van der Waals surface area contributed by atoms with Gasteiger partial charge in [-0.25, -0.2) is 0 Å². The molecule has 7 nitrogen and oxygen atoms in total. The smallest absolute Gasteiger partial charge is 0.289 e. The number of ether oxygens (including phenoxy) is 1. The summed E-state index contributed by atoms with van der Waals surface area (Å²) in [5, 5.41) is 3.72. The largest absolute Gasteiger partial charge is 0.451 e. The highest BCUT2D eigenvalue weighted by atomic mass is 16.5. The zero-order valence-corrected chi connectivity index (χ0v) is 16.5. The molecule has 0 unspecified atom stereocenters. The van der Waals surface area contributed by atoms with Gasteiger partial charge in [0.2, 0.25) is 0 Å². The summed E-state index contributed by atoms with van der Waals surface area (Å²) in [5.74, 6) is -0.114. The highest BCUT2D eigenvalue weighted by Gasteiger charge is 2.19. The molecule has 2 aromatic carbocycles. The Hall–Kier alpha value is -3.32. The topological polar surface area (TPSA) is 75.0 Å². The molecule has 1 aliphatic heterocycles. The first-order chi connectivity index (χ1) is 14.0. The maximum atomic E-state index is 13.0. The van der Waals surface area contributed by atoms with Gasteiger partial charge in [-0.05, 0) is 36.4 Å². The Labute approximate surface area is 168 Å². The van der Waals surface area contributed by atoms with Gasteiger partial charge in [-0.2, -0.15) is 0 Å². The molecule has 1 aromatic heterocycles. The van der Waals surface area contributed by atoms with Crippen molar-refractivity contribution in [2.75, 3.05) is 50.6 Å². The first-order valence-electron chi connectivity index (χ1n) is 9.51. The number of benzene rings is 2. The third kappa shape index (κ3) is 3.95. The van der Waals surface area contributed by atoms with Gasteiger partial charge in [0, 0.05) is 43.9 Å². The Morgan fingerprint density at radius 3 is 2.55 bits per heavy atom. The van der Waals surface area contributed by atoms with Crippen LogP contribution in [0, 0.1) is 0 Å². The first kappa shape index (κ1) is 19.0.